The van der Waals surface area contributed by atoms with E-state index in [0.717, 1.165) is 38.8 Å². The van der Waals surface area contributed by atoms with Gasteiger partial charge in [0.05, 0.1) is 0 Å². The van der Waals surface area contributed by atoms with Crippen molar-refractivity contribution in [1.29, 1.82) is 0 Å². The fourth-order valence-electron chi connectivity index (χ4n) is 10.9. The largest absolute Gasteiger partial charge is 0.455 e. The summed E-state index contributed by atoms with van der Waals surface area (Å²) in [6, 6.07) is 53.0. The van der Waals surface area contributed by atoms with Crippen LogP contribution in [0.25, 0.3) is 33.1 Å². The monoisotopic (exact) mass is 808 g/mol. The smallest absolute Gasteiger partial charge is 0.252 e. The van der Waals surface area contributed by atoms with Crippen molar-refractivity contribution in [3.8, 4) is 11.1 Å². The van der Waals surface area contributed by atoms with Crippen LogP contribution in [0, 0.1) is 0 Å². The molecule has 0 unspecified atom stereocenters. The van der Waals surface area contributed by atoms with Gasteiger partial charge in [0.25, 0.3) is 6.71 Å². The molecule has 0 bridgehead atoms. The van der Waals surface area contributed by atoms with E-state index in [0.29, 0.717) is 0 Å². The zero-order valence-corrected chi connectivity index (χ0v) is 38.1. The molecule has 308 valence electrons. The highest BCUT2D eigenvalue weighted by atomic mass is 16.3. The summed E-state index contributed by atoms with van der Waals surface area (Å²) >= 11 is 0. The van der Waals surface area contributed by atoms with Crippen molar-refractivity contribution in [2.75, 3.05) is 9.80 Å². The molecule has 0 saturated carbocycles. The summed E-state index contributed by atoms with van der Waals surface area (Å²) < 4.78 is 6.51. The van der Waals surface area contributed by atoms with Gasteiger partial charge in [-0.1, -0.05) is 154 Å². The van der Waals surface area contributed by atoms with Crippen molar-refractivity contribution in [2.45, 2.75) is 104 Å². The quantitative estimate of drug-likeness (QED) is 0.166. The molecule has 62 heavy (non-hydrogen) atoms. The number of fused-ring (bicyclic) bond motifs is 8. The maximum atomic E-state index is 6.51. The second-order valence-electron chi connectivity index (χ2n) is 21.7. The number of furan rings is 1. The van der Waals surface area contributed by atoms with Crippen molar-refractivity contribution in [3.05, 3.63) is 162 Å². The van der Waals surface area contributed by atoms with Crippen LogP contribution in [0.4, 0.5) is 34.1 Å². The third-order valence-corrected chi connectivity index (χ3v) is 14.7. The standard InChI is InChI=1S/C58H57BN2O/c1-55(2,3)37-23-28-40(29-24-37)61-49-19-14-18-48-53(49)59(47-34-44-45(35-51(47)61)58(9,10)32-31-57(44,7)8)46-30-25-38(56(4,5)6)33-50(46)60(48)39-26-21-36(22-27-39)41-16-13-17-43-42-15-11-12-20-52(42)62-54(41)43/h11-30,33-35H,31-32H2,1-10H3. The van der Waals surface area contributed by atoms with Gasteiger partial charge in [0, 0.05) is 50.5 Å². The third-order valence-electron chi connectivity index (χ3n) is 14.7. The maximum Gasteiger partial charge on any atom is 0.252 e. The Hall–Kier alpha value is -6.00. The van der Waals surface area contributed by atoms with Gasteiger partial charge >= 0.3 is 0 Å². The van der Waals surface area contributed by atoms with Crippen LogP contribution < -0.4 is 26.2 Å². The van der Waals surface area contributed by atoms with Gasteiger partial charge in [0.1, 0.15) is 11.2 Å². The molecule has 0 spiro atoms. The third kappa shape index (κ3) is 5.85. The normalized spacial score (nSPS) is 16.3. The first-order chi connectivity index (χ1) is 29.5. The molecule has 3 aliphatic rings. The van der Waals surface area contributed by atoms with E-state index in [1.54, 1.807) is 0 Å². The molecule has 8 aromatic rings. The van der Waals surface area contributed by atoms with Crippen LogP contribution in [0.15, 0.2) is 144 Å². The summed E-state index contributed by atoms with van der Waals surface area (Å²) in [7, 11) is 0. The molecule has 7 aromatic carbocycles. The average molecular weight is 809 g/mol. The molecule has 0 radical (unpaired) electrons. The molecule has 11 rings (SSSR count). The van der Waals surface area contributed by atoms with Gasteiger partial charge < -0.3 is 14.2 Å². The van der Waals surface area contributed by atoms with E-state index in [1.165, 1.54) is 79.9 Å². The van der Waals surface area contributed by atoms with E-state index in [9.17, 15) is 0 Å². The fraction of sp³-hybridized carbons (Fsp3) is 0.276. The molecule has 0 saturated heterocycles. The summed E-state index contributed by atoms with van der Waals surface area (Å²) in [4.78, 5) is 5.13. The molecule has 0 atom stereocenters. The van der Waals surface area contributed by atoms with Crippen LogP contribution in [-0.2, 0) is 21.7 Å². The predicted octanol–water partition coefficient (Wildman–Crippen LogP) is 14.3. The summed E-state index contributed by atoms with van der Waals surface area (Å²) in [6.07, 6.45) is 2.35. The van der Waals surface area contributed by atoms with Crippen molar-refractivity contribution in [2.24, 2.45) is 0 Å². The van der Waals surface area contributed by atoms with Crippen molar-refractivity contribution in [1.82, 2.24) is 0 Å². The number of para-hydroxylation sites is 2. The Labute approximate surface area is 368 Å². The van der Waals surface area contributed by atoms with E-state index < -0.39 is 0 Å². The second kappa shape index (κ2) is 13.3. The molecule has 4 heteroatoms. The van der Waals surface area contributed by atoms with Gasteiger partial charge in [-0.05, 0) is 133 Å². The average Bonchev–Trinajstić information content (AvgIpc) is 3.63. The minimum absolute atomic E-state index is 0.0207. The topological polar surface area (TPSA) is 19.6 Å². The summed E-state index contributed by atoms with van der Waals surface area (Å²) in [5.41, 5.74) is 21.5. The molecule has 0 amide bonds. The lowest BCUT2D eigenvalue weighted by Crippen LogP contribution is -2.61. The molecule has 3 nitrogen and oxygen atoms in total. The molecule has 3 heterocycles. The maximum absolute atomic E-state index is 6.51. The Morgan fingerprint density at radius 2 is 1.05 bits per heavy atom. The number of nitrogens with zero attached hydrogens (tertiary/aromatic N) is 2. The fourth-order valence-corrected chi connectivity index (χ4v) is 10.9. The number of hydrogen-bond acceptors (Lipinski definition) is 3. The van der Waals surface area contributed by atoms with Crippen LogP contribution >= 0.6 is 0 Å². The lowest BCUT2D eigenvalue weighted by molar-refractivity contribution is 0.332. The second-order valence-corrected chi connectivity index (χ2v) is 21.7. The highest BCUT2D eigenvalue weighted by molar-refractivity contribution is 7.00. The molecule has 0 N–H and O–H groups in total. The molecule has 1 aromatic heterocycles. The molecule has 0 fully saturated rings. The van der Waals surface area contributed by atoms with Crippen LogP contribution in [0.1, 0.15) is 104 Å². The molecule has 1 aliphatic carbocycles. The zero-order valence-electron chi connectivity index (χ0n) is 38.1. The Morgan fingerprint density at radius 3 is 1.69 bits per heavy atom. The van der Waals surface area contributed by atoms with Gasteiger partial charge in [-0.2, -0.15) is 0 Å². The van der Waals surface area contributed by atoms with Gasteiger partial charge in [0.15, 0.2) is 0 Å². The van der Waals surface area contributed by atoms with Gasteiger partial charge in [-0.15, -0.1) is 0 Å². The Balaban J connectivity index is 1.15. The summed E-state index contributed by atoms with van der Waals surface area (Å²) in [5, 5.41) is 2.30. The lowest BCUT2D eigenvalue weighted by Gasteiger charge is -2.47. The van der Waals surface area contributed by atoms with Crippen molar-refractivity contribution < 1.29 is 4.42 Å². The first kappa shape index (κ1) is 38.9. The Bertz CT molecular complexity index is 3100. The van der Waals surface area contributed by atoms with Gasteiger partial charge in [0.2, 0.25) is 0 Å². The molecular weight excluding hydrogens is 751 g/mol. The van der Waals surface area contributed by atoms with E-state index in [1.807, 2.05) is 6.07 Å². The Morgan fingerprint density at radius 1 is 0.500 bits per heavy atom. The molecular formula is C58H57BN2O. The number of benzene rings is 7. The van der Waals surface area contributed by atoms with Crippen LogP contribution in [0.2, 0.25) is 0 Å². The predicted molar refractivity (Wildman–Crippen MR) is 266 cm³/mol. The molecule has 2 aliphatic heterocycles. The highest BCUT2D eigenvalue weighted by Gasteiger charge is 2.46. The van der Waals surface area contributed by atoms with E-state index >= 15 is 0 Å². The SMILES string of the molecule is CC(C)(C)c1ccc(N2c3cc4c(cc3B3c5ccc(C(C)(C)C)cc5N(c5ccc(-c6cccc7c6oc6ccccc67)cc5)c5cccc2c53)C(C)(C)CCC4(C)C)cc1. The zero-order chi connectivity index (χ0) is 43.1. The van der Waals surface area contributed by atoms with E-state index in [-0.39, 0.29) is 28.4 Å². The van der Waals surface area contributed by atoms with Gasteiger partial charge in [-0.3, -0.25) is 0 Å². The minimum Gasteiger partial charge on any atom is -0.455 e. The Kier molecular flexibility index (Phi) is 8.32. The number of anilines is 6. The van der Waals surface area contributed by atoms with Crippen LogP contribution in [0.3, 0.4) is 0 Å². The van der Waals surface area contributed by atoms with E-state index in [2.05, 4.69) is 212 Å². The first-order valence-electron chi connectivity index (χ1n) is 22.7. The minimum atomic E-state index is -0.0207. The van der Waals surface area contributed by atoms with Crippen LogP contribution in [0.5, 0.6) is 0 Å². The van der Waals surface area contributed by atoms with E-state index in [4.69, 9.17) is 4.42 Å². The highest BCUT2D eigenvalue weighted by Crippen LogP contribution is 2.50. The van der Waals surface area contributed by atoms with Crippen molar-refractivity contribution in [3.63, 3.8) is 0 Å². The number of rotatable bonds is 3. The first-order valence-corrected chi connectivity index (χ1v) is 22.7. The van der Waals surface area contributed by atoms with Crippen LogP contribution in [-0.4, -0.2) is 6.71 Å². The van der Waals surface area contributed by atoms with Gasteiger partial charge in [-0.25, -0.2) is 0 Å². The van der Waals surface area contributed by atoms with Crippen molar-refractivity contribution >= 4 is 79.2 Å². The summed E-state index contributed by atoms with van der Waals surface area (Å²) in [6.45, 7) is 23.8. The lowest BCUT2D eigenvalue weighted by atomic mass is 9.33. The number of hydrogen-bond donors (Lipinski definition) is 0. The summed E-state index contributed by atoms with van der Waals surface area (Å²) in [5.74, 6) is 0.